The van der Waals surface area contributed by atoms with Gasteiger partial charge < -0.3 is 0 Å². The van der Waals surface area contributed by atoms with Crippen molar-refractivity contribution >= 4 is 38.6 Å². The predicted octanol–water partition coefficient (Wildman–Crippen LogP) is 4.08. The summed E-state index contributed by atoms with van der Waals surface area (Å²) in [5.74, 6) is 0.841. The molecule has 0 atom stereocenters. The maximum Gasteiger partial charge on any atom is 0.117 e. The van der Waals surface area contributed by atoms with Gasteiger partial charge in [-0.15, -0.1) is 11.8 Å². The monoisotopic (exact) mass is 331 g/mol. The molecular weight excluding hydrogens is 322 g/mol. The molecule has 0 spiro atoms. The minimum absolute atomic E-state index is 0.841. The fourth-order valence-electron chi connectivity index (χ4n) is 1.78. The summed E-state index contributed by atoms with van der Waals surface area (Å²) >= 11 is 5.13. The second kappa shape index (κ2) is 5.67. The summed E-state index contributed by atoms with van der Waals surface area (Å²) in [6.07, 6.45) is 5.28. The number of thioether (sulfide) groups is 1. The highest BCUT2D eigenvalue weighted by molar-refractivity contribution is 9.10. The molecule has 0 unspecified atom stereocenters. The van der Waals surface area contributed by atoms with Crippen molar-refractivity contribution in [2.45, 2.75) is 10.8 Å². The molecule has 19 heavy (non-hydrogen) atoms. The molecule has 0 fully saturated rings. The Labute approximate surface area is 123 Å². The lowest BCUT2D eigenvalue weighted by molar-refractivity contribution is 1.10. The van der Waals surface area contributed by atoms with Gasteiger partial charge in [-0.25, -0.2) is 9.97 Å². The van der Waals surface area contributed by atoms with Crippen LogP contribution in [-0.2, 0) is 5.75 Å². The van der Waals surface area contributed by atoms with Crippen molar-refractivity contribution in [1.29, 1.82) is 0 Å². The Kier molecular flexibility index (Phi) is 3.75. The van der Waals surface area contributed by atoms with E-state index in [9.17, 15) is 0 Å². The number of para-hydroxylation sites is 1. The third-order valence-electron chi connectivity index (χ3n) is 2.64. The lowest BCUT2D eigenvalue weighted by Gasteiger charge is -2.04. The molecule has 3 rings (SSSR count). The van der Waals surface area contributed by atoms with Crippen LogP contribution < -0.4 is 0 Å². The summed E-state index contributed by atoms with van der Waals surface area (Å²) in [6, 6.07) is 10.1. The highest BCUT2D eigenvalue weighted by Crippen LogP contribution is 2.27. The quantitative estimate of drug-likeness (QED) is 0.535. The summed E-state index contributed by atoms with van der Waals surface area (Å²) in [4.78, 5) is 12.8. The molecule has 3 aromatic rings. The SMILES string of the molecule is Brc1cncc(CSc2ncnc3ccccc23)c1. The van der Waals surface area contributed by atoms with Crippen molar-refractivity contribution in [2.24, 2.45) is 0 Å². The summed E-state index contributed by atoms with van der Waals surface area (Å²) in [5, 5.41) is 2.10. The van der Waals surface area contributed by atoms with E-state index in [0.29, 0.717) is 0 Å². The van der Waals surface area contributed by atoms with Crippen LogP contribution in [0.2, 0.25) is 0 Å². The maximum absolute atomic E-state index is 4.36. The molecule has 0 aliphatic heterocycles. The minimum atomic E-state index is 0.841. The van der Waals surface area contributed by atoms with Crippen LogP contribution in [0.25, 0.3) is 10.9 Å². The van der Waals surface area contributed by atoms with Gasteiger partial charge in [0, 0.05) is 28.0 Å². The normalized spacial score (nSPS) is 10.8. The minimum Gasteiger partial charge on any atom is -0.263 e. The van der Waals surface area contributed by atoms with E-state index in [0.717, 1.165) is 26.2 Å². The number of halogens is 1. The summed E-state index contributed by atoms with van der Waals surface area (Å²) in [7, 11) is 0. The number of aromatic nitrogens is 3. The first-order valence-corrected chi connectivity index (χ1v) is 7.53. The molecule has 2 heterocycles. The average Bonchev–Trinajstić information content (AvgIpc) is 2.45. The van der Waals surface area contributed by atoms with Crippen LogP contribution in [0.5, 0.6) is 0 Å². The molecule has 0 radical (unpaired) electrons. The van der Waals surface area contributed by atoms with Gasteiger partial charge in [-0.3, -0.25) is 4.98 Å². The standard InChI is InChI=1S/C14H10BrN3S/c15-11-5-10(6-16-7-11)8-19-14-12-3-1-2-4-13(12)17-9-18-14/h1-7,9H,8H2. The molecule has 1 aromatic carbocycles. The number of nitrogens with zero attached hydrogens (tertiary/aromatic N) is 3. The van der Waals surface area contributed by atoms with Crippen molar-refractivity contribution in [3.05, 3.63) is 59.1 Å². The zero-order valence-electron chi connectivity index (χ0n) is 9.95. The van der Waals surface area contributed by atoms with Gasteiger partial charge in [0.1, 0.15) is 11.4 Å². The number of benzene rings is 1. The van der Waals surface area contributed by atoms with Crippen LogP contribution in [0.4, 0.5) is 0 Å². The van der Waals surface area contributed by atoms with Crippen molar-refractivity contribution in [1.82, 2.24) is 15.0 Å². The first kappa shape index (κ1) is 12.6. The third-order valence-corrected chi connectivity index (χ3v) is 4.15. The zero-order chi connectivity index (χ0) is 13.1. The Morgan fingerprint density at radius 1 is 1.11 bits per heavy atom. The van der Waals surface area contributed by atoms with Crippen LogP contribution >= 0.6 is 27.7 Å². The molecule has 0 aliphatic carbocycles. The average molecular weight is 332 g/mol. The Morgan fingerprint density at radius 2 is 2.00 bits per heavy atom. The highest BCUT2D eigenvalue weighted by atomic mass is 79.9. The van der Waals surface area contributed by atoms with E-state index < -0.39 is 0 Å². The fraction of sp³-hybridized carbons (Fsp3) is 0.0714. The largest absolute Gasteiger partial charge is 0.263 e. The summed E-state index contributed by atoms with van der Waals surface area (Å²) < 4.78 is 0.998. The molecule has 0 aliphatic rings. The lowest BCUT2D eigenvalue weighted by Crippen LogP contribution is -1.88. The molecule has 94 valence electrons. The van der Waals surface area contributed by atoms with Gasteiger partial charge in [0.25, 0.3) is 0 Å². The van der Waals surface area contributed by atoms with E-state index in [1.165, 1.54) is 5.56 Å². The Morgan fingerprint density at radius 3 is 2.89 bits per heavy atom. The van der Waals surface area contributed by atoms with E-state index in [1.807, 2.05) is 24.4 Å². The third kappa shape index (κ3) is 2.93. The molecule has 0 saturated carbocycles. The summed E-state index contributed by atoms with van der Waals surface area (Å²) in [5.41, 5.74) is 2.15. The van der Waals surface area contributed by atoms with Crippen LogP contribution in [0.1, 0.15) is 5.56 Å². The first-order valence-electron chi connectivity index (χ1n) is 5.75. The van der Waals surface area contributed by atoms with Gasteiger partial charge in [-0.05, 0) is 33.6 Å². The van der Waals surface area contributed by atoms with Crippen molar-refractivity contribution in [3.63, 3.8) is 0 Å². The molecule has 0 saturated heterocycles. The van der Waals surface area contributed by atoms with Gasteiger partial charge in [-0.1, -0.05) is 18.2 Å². The number of hydrogen-bond donors (Lipinski definition) is 0. The van der Waals surface area contributed by atoms with E-state index >= 15 is 0 Å². The predicted molar refractivity (Wildman–Crippen MR) is 81.0 cm³/mol. The van der Waals surface area contributed by atoms with Crippen LogP contribution in [0.15, 0.2) is 58.6 Å². The Balaban J connectivity index is 1.86. The molecule has 5 heteroatoms. The molecule has 3 nitrogen and oxygen atoms in total. The molecule has 0 N–H and O–H groups in total. The fourth-order valence-corrected chi connectivity index (χ4v) is 3.10. The molecule has 2 aromatic heterocycles. The van der Waals surface area contributed by atoms with Crippen LogP contribution in [-0.4, -0.2) is 15.0 Å². The van der Waals surface area contributed by atoms with Gasteiger partial charge in [0.2, 0.25) is 0 Å². The Bertz CT molecular complexity index is 712. The van der Waals surface area contributed by atoms with E-state index in [1.54, 1.807) is 24.3 Å². The first-order chi connectivity index (χ1) is 9.33. The Hall–Kier alpha value is -1.46. The van der Waals surface area contributed by atoms with Gasteiger partial charge in [0.05, 0.1) is 5.52 Å². The molecule has 0 amide bonds. The lowest BCUT2D eigenvalue weighted by atomic mass is 10.2. The number of hydrogen-bond acceptors (Lipinski definition) is 4. The smallest absolute Gasteiger partial charge is 0.117 e. The van der Waals surface area contributed by atoms with Crippen molar-refractivity contribution in [3.8, 4) is 0 Å². The second-order valence-electron chi connectivity index (χ2n) is 4.00. The summed E-state index contributed by atoms with van der Waals surface area (Å²) in [6.45, 7) is 0. The number of fused-ring (bicyclic) bond motifs is 1. The van der Waals surface area contributed by atoms with Gasteiger partial charge >= 0.3 is 0 Å². The molecular formula is C14H10BrN3S. The topological polar surface area (TPSA) is 38.7 Å². The maximum atomic E-state index is 4.36. The second-order valence-corrected chi connectivity index (χ2v) is 5.88. The van der Waals surface area contributed by atoms with E-state index in [4.69, 9.17) is 0 Å². The van der Waals surface area contributed by atoms with Crippen LogP contribution in [0, 0.1) is 0 Å². The van der Waals surface area contributed by atoms with Gasteiger partial charge in [0.15, 0.2) is 0 Å². The van der Waals surface area contributed by atoms with Crippen molar-refractivity contribution < 1.29 is 0 Å². The highest BCUT2D eigenvalue weighted by Gasteiger charge is 2.04. The van der Waals surface area contributed by atoms with E-state index in [-0.39, 0.29) is 0 Å². The van der Waals surface area contributed by atoms with Crippen LogP contribution in [0.3, 0.4) is 0 Å². The molecule has 0 bridgehead atoms. The van der Waals surface area contributed by atoms with Gasteiger partial charge in [-0.2, -0.15) is 0 Å². The van der Waals surface area contributed by atoms with E-state index in [2.05, 4.69) is 43.0 Å². The number of pyridine rings is 1. The zero-order valence-corrected chi connectivity index (χ0v) is 12.4. The van der Waals surface area contributed by atoms with Crippen molar-refractivity contribution in [2.75, 3.05) is 0 Å². The number of rotatable bonds is 3.